The summed E-state index contributed by atoms with van der Waals surface area (Å²) in [5.41, 5.74) is -1.73. The number of allylic oxidation sites excluding steroid dienone is 1. The number of alkyl halides is 3. The Labute approximate surface area is 272 Å². The number of aromatic nitrogens is 1. The minimum absolute atomic E-state index is 0.0194. The first kappa shape index (κ1) is 32.1. The molecule has 0 saturated carbocycles. The number of ether oxygens (including phenoxy) is 2. The summed E-state index contributed by atoms with van der Waals surface area (Å²) in [5.74, 6) is -0.923. The Balaban J connectivity index is 1.68. The van der Waals surface area contributed by atoms with E-state index < -0.39 is 35.0 Å². The minimum Gasteiger partial charge on any atom is -0.488 e. The van der Waals surface area contributed by atoms with E-state index in [9.17, 15) is 22.8 Å². The number of benzene rings is 3. The third-order valence-electron chi connectivity index (χ3n) is 6.44. The Bertz CT molecular complexity index is 1970. The van der Waals surface area contributed by atoms with Gasteiger partial charge in [-0.3, -0.25) is 9.36 Å². The minimum atomic E-state index is -5.03. The van der Waals surface area contributed by atoms with Crippen molar-refractivity contribution in [1.82, 2.24) is 4.57 Å². The number of carbonyl (C=O) groups excluding carboxylic acids is 1. The van der Waals surface area contributed by atoms with E-state index in [1.54, 1.807) is 36.4 Å². The SMILES string of the molecule is CCOC(=O)C1=C(C(F)(F)F)N=c2s/c(=C\c3cc(Cl)ccc3OCc3ccc(Cl)cc3Cl)c(=O)n2[C@H]1c1ccc(Cl)cc1. The molecular weight excluding hydrogens is 683 g/mol. The third kappa shape index (κ3) is 6.69. The average Bonchev–Trinajstić information content (AvgIpc) is 3.27. The number of halogens is 7. The Kier molecular flexibility index (Phi) is 9.48. The molecule has 0 spiro atoms. The van der Waals surface area contributed by atoms with Crippen molar-refractivity contribution in [3.63, 3.8) is 0 Å². The zero-order valence-corrected chi connectivity index (χ0v) is 26.3. The van der Waals surface area contributed by atoms with E-state index in [0.717, 1.165) is 15.9 Å². The summed E-state index contributed by atoms with van der Waals surface area (Å²) in [4.78, 5) is 30.4. The van der Waals surface area contributed by atoms with Crippen LogP contribution in [0.2, 0.25) is 20.1 Å². The van der Waals surface area contributed by atoms with Gasteiger partial charge in [0.15, 0.2) is 10.5 Å². The largest absolute Gasteiger partial charge is 0.488 e. The molecule has 0 N–H and O–H groups in total. The molecule has 1 aromatic heterocycles. The highest BCUT2D eigenvalue weighted by Crippen LogP contribution is 2.38. The number of hydrogen-bond acceptors (Lipinski definition) is 6. The first-order chi connectivity index (χ1) is 20.9. The molecule has 14 heteroatoms. The van der Waals surface area contributed by atoms with Gasteiger partial charge < -0.3 is 9.47 Å². The smallest absolute Gasteiger partial charge is 0.434 e. The Hall–Kier alpha value is -3.28. The van der Waals surface area contributed by atoms with E-state index in [4.69, 9.17) is 55.9 Å². The van der Waals surface area contributed by atoms with Crippen LogP contribution in [-0.4, -0.2) is 23.3 Å². The Morgan fingerprint density at radius 1 is 1.00 bits per heavy atom. The number of esters is 1. The predicted molar refractivity (Wildman–Crippen MR) is 164 cm³/mol. The van der Waals surface area contributed by atoms with E-state index in [2.05, 4.69) is 4.99 Å². The van der Waals surface area contributed by atoms with Crippen molar-refractivity contribution in [1.29, 1.82) is 0 Å². The number of carbonyl (C=O) groups is 1. The van der Waals surface area contributed by atoms with Gasteiger partial charge in [-0.1, -0.05) is 75.9 Å². The van der Waals surface area contributed by atoms with Crippen molar-refractivity contribution in [3.05, 3.63) is 128 Å². The number of nitrogens with zero attached hydrogens (tertiary/aromatic N) is 2. The summed E-state index contributed by atoms with van der Waals surface area (Å²) in [5, 5.41) is 1.48. The monoisotopic (exact) mass is 700 g/mol. The molecule has 1 aliphatic heterocycles. The second kappa shape index (κ2) is 13.0. The van der Waals surface area contributed by atoms with Crippen LogP contribution in [0.4, 0.5) is 13.2 Å². The Morgan fingerprint density at radius 3 is 2.32 bits per heavy atom. The molecule has 3 aromatic carbocycles. The van der Waals surface area contributed by atoms with Crippen LogP contribution < -0.4 is 19.6 Å². The molecule has 0 saturated heterocycles. The van der Waals surface area contributed by atoms with Crippen LogP contribution >= 0.6 is 57.7 Å². The van der Waals surface area contributed by atoms with Crippen LogP contribution in [0.5, 0.6) is 5.75 Å². The maximum absolute atomic E-state index is 14.3. The van der Waals surface area contributed by atoms with E-state index in [1.165, 1.54) is 37.3 Å². The highest BCUT2D eigenvalue weighted by Gasteiger charge is 2.45. The molecule has 4 aromatic rings. The lowest BCUT2D eigenvalue weighted by molar-refractivity contribution is -0.140. The van der Waals surface area contributed by atoms with Crippen LogP contribution in [0.15, 0.2) is 81.7 Å². The predicted octanol–water partition coefficient (Wildman–Crippen LogP) is 7.53. The first-order valence-electron chi connectivity index (χ1n) is 12.8. The topological polar surface area (TPSA) is 69.9 Å². The van der Waals surface area contributed by atoms with Crippen LogP contribution in [0.25, 0.3) is 6.08 Å². The summed E-state index contributed by atoms with van der Waals surface area (Å²) in [7, 11) is 0. The zero-order valence-electron chi connectivity index (χ0n) is 22.4. The van der Waals surface area contributed by atoms with Gasteiger partial charge in [0.1, 0.15) is 12.4 Å². The molecule has 228 valence electrons. The molecule has 0 bridgehead atoms. The molecule has 44 heavy (non-hydrogen) atoms. The van der Waals surface area contributed by atoms with Gasteiger partial charge in [0.25, 0.3) is 5.56 Å². The number of thiazole rings is 1. The van der Waals surface area contributed by atoms with Gasteiger partial charge >= 0.3 is 12.1 Å². The molecule has 1 aliphatic rings. The van der Waals surface area contributed by atoms with E-state index in [1.807, 2.05) is 0 Å². The fourth-order valence-electron chi connectivity index (χ4n) is 4.50. The second-order valence-electron chi connectivity index (χ2n) is 9.32. The lowest BCUT2D eigenvalue weighted by Crippen LogP contribution is -2.41. The summed E-state index contributed by atoms with van der Waals surface area (Å²) in [6.45, 7) is 1.32. The molecule has 0 aliphatic carbocycles. The van der Waals surface area contributed by atoms with Gasteiger partial charge in [0, 0.05) is 31.2 Å². The van der Waals surface area contributed by atoms with Gasteiger partial charge in [-0.05, 0) is 61.0 Å². The molecule has 2 heterocycles. The number of rotatable bonds is 7. The van der Waals surface area contributed by atoms with Crippen LogP contribution in [0.1, 0.15) is 29.7 Å². The fourth-order valence-corrected chi connectivity index (χ4v) is 6.26. The summed E-state index contributed by atoms with van der Waals surface area (Å²) < 4.78 is 55.1. The molecule has 0 radical (unpaired) electrons. The highest BCUT2D eigenvalue weighted by atomic mass is 35.5. The lowest BCUT2D eigenvalue weighted by Gasteiger charge is -2.26. The molecule has 0 amide bonds. The van der Waals surface area contributed by atoms with Crippen molar-refractivity contribution in [2.75, 3.05) is 6.61 Å². The quantitative estimate of drug-likeness (QED) is 0.187. The van der Waals surface area contributed by atoms with Crippen LogP contribution in [0.3, 0.4) is 0 Å². The van der Waals surface area contributed by atoms with Crippen LogP contribution in [0, 0.1) is 0 Å². The molecule has 6 nitrogen and oxygen atoms in total. The van der Waals surface area contributed by atoms with E-state index in [-0.39, 0.29) is 28.1 Å². The van der Waals surface area contributed by atoms with Crippen molar-refractivity contribution in [3.8, 4) is 5.75 Å². The first-order valence-corrected chi connectivity index (χ1v) is 15.1. The van der Waals surface area contributed by atoms with Gasteiger partial charge in [0.05, 0.1) is 22.8 Å². The molecular formula is C30H19Cl4F3N2O4S. The molecule has 0 fully saturated rings. The van der Waals surface area contributed by atoms with E-state index in [0.29, 0.717) is 37.0 Å². The van der Waals surface area contributed by atoms with Crippen molar-refractivity contribution in [2.45, 2.75) is 25.7 Å². The molecule has 1 atom stereocenters. The second-order valence-corrected chi connectivity index (χ2v) is 12.0. The van der Waals surface area contributed by atoms with Crippen molar-refractivity contribution >= 4 is 69.8 Å². The maximum Gasteiger partial charge on any atom is 0.434 e. The van der Waals surface area contributed by atoms with Gasteiger partial charge in [0.2, 0.25) is 0 Å². The van der Waals surface area contributed by atoms with Crippen LogP contribution in [-0.2, 0) is 16.1 Å². The Morgan fingerprint density at radius 2 is 1.66 bits per heavy atom. The number of hydrogen-bond donors (Lipinski definition) is 0. The molecule has 5 rings (SSSR count). The standard InChI is InChI=1S/C30H19Cl4F3N2O4S/c1-2-42-28(41)24-25(15-3-6-18(31)7-4-15)39-27(40)23(44-29(39)38-26(24)30(35,36)37)12-17-11-19(32)9-10-22(17)43-14-16-5-8-20(33)13-21(16)34/h3-13,25H,2,14H2,1H3/b23-12-/t25-/m0/s1. The van der Waals surface area contributed by atoms with Crippen molar-refractivity contribution in [2.24, 2.45) is 4.99 Å². The van der Waals surface area contributed by atoms with Gasteiger partial charge in [-0.25, -0.2) is 9.79 Å². The van der Waals surface area contributed by atoms with Gasteiger partial charge in [-0.15, -0.1) is 0 Å². The highest BCUT2D eigenvalue weighted by molar-refractivity contribution is 7.07. The normalized spacial score (nSPS) is 15.2. The van der Waals surface area contributed by atoms with Gasteiger partial charge in [-0.2, -0.15) is 13.2 Å². The fraction of sp³-hybridized carbons (Fsp3) is 0.167. The zero-order chi connectivity index (χ0) is 31.8. The van der Waals surface area contributed by atoms with E-state index >= 15 is 0 Å². The summed E-state index contributed by atoms with van der Waals surface area (Å²) >= 11 is 25.2. The summed E-state index contributed by atoms with van der Waals surface area (Å²) in [6, 6.07) is 13.9. The molecule has 0 unspecified atom stereocenters. The maximum atomic E-state index is 14.3. The number of fused-ring (bicyclic) bond motifs is 1. The third-order valence-corrected chi connectivity index (χ3v) is 8.49. The average molecular weight is 702 g/mol. The lowest BCUT2D eigenvalue weighted by atomic mass is 9.95. The van der Waals surface area contributed by atoms with Crippen molar-refractivity contribution < 1.29 is 27.4 Å². The summed E-state index contributed by atoms with van der Waals surface area (Å²) in [6.07, 6.45) is -3.59.